The minimum atomic E-state index is -0.299. The Kier molecular flexibility index (Phi) is 4.70. The Morgan fingerprint density at radius 2 is 1.83 bits per heavy atom. The van der Waals surface area contributed by atoms with E-state index in [9.17, 15) is 4.79 Å². The molecule has 0 aliphatic rings. The van der Waals surface area contributed by atoms with E-state index in [1.54, 1.807) is 0 Å². The van der Waals surface area contributed by atoms with Gasteiger partial charge < -0.3 is 9.30 Å². The number of aromatic nitrogens is 1. The third-order valence-corrected chi connectivity index (χ3v) is 4.28. The molecule has 0 radical (unpaired) electrons. The summed E-state index contributed by atoms with van der Waals surface area (Å²) >= 11 is 0. The summed E-state index contributed by atoms with van der Waals surface area (Å²) in [6.07, 6.45) is 3.17. The number of rotatable bonds is 5. The van der Waals surface area contributed by atoms with Gasteiger partial charge in [0.1, 0.15) is 0 Å². The summed E-state index contributed by atoms with van der Waals surface area (Å²) in [6.45, 7) is 5.33. The fourth-order valence-electron chi connectivity index (χ4n) is 3.12. The fraction of sp³-hybridized carbons (Fsp3) is 0.286. The standard InChI is InChI=1S/C21H23NO2/c1-15(2)12-16-6-4-5-7-19(16)14-22-11-10-17-13-18(21(23)24-3)8-9-20(17)22/h4-11,13,15H,12,14H2,1-3H3. The quantitative estimate of drug-likeness (QED) is 0.639. The topological polar surface area (TPSA) is 31.2 Å². The molecule has 0 N–H and O–H groups in total. The molecule has 2 aromatic carbocycles. The van der Waals surface area contributed by atoms with Crippen LogP contribution in [0.15, 0.2) is 54.7 Å². The Labute approximate surface area is 142 Å². The average Bonchev–Trinajstić information content (AvgIpc) is 2.97. The zero-order valence-corrected chi connectivity index (χ0v) is 14.5. The lowest BCUT2D eigenvalue weighted by atomic mass is 9.98. The van der Waals surface area contributed by atoms with Crippen LogP contribution in [0.3, 0.4) is 0 Å². The molecule has 0 amide bonds. The van der Waals surface area contributed by atoms with Gasteiger partial charge in [-0.05, 0) is 47.7 Å². The predicted molar refractivity (Wildman–Crippen MR) is 97.4 cm³/mol. The Balaban J connectivity index is 1.93. The van der Waals surface area contributed by atoms with Crippen molar-refractivity contribution < 1.29 is 9.53 Å². The van der Waals surface area contributed by atoms with Crippen molar-refractivity contribution >= 4 is 16.9 Å². The van der Waals surface area contributed by atoms with Crippen LogP contribution < -0.4 is 0 Å². The second-order valence-electron chi connectivity index (χ2n) is 6.58. The summed E-state index contributed by atoms with van der Waals surface area (Å²) < 4.78 is 7.03. The molecular formula is C21H23NO2. The Morgan fingerprint density at radius 1 is 1.08 bits per heavy atom. The van der Waals surface area contributed by atoms with Crippen molar-refractivity contribution in [3.63, 3.8) is 0 Å². The van der Waals surface area contributed by atoms with Gasteiger partial charge in [0.25, 0.3) is 0 Å². The summed E-state index contributed by atoms with van der Waals surface area (Å²) in [5.41, 5.74) is 4.46. The number of methoxy groups -OCH3 is 1. The van der Waals surface area contributed by atoms with Gasteiger partial charge in [0.15, 0.2) is 0 Å². The van der Waals surface area contributed by atoms with E-state index in [1.807, 2.05) is 24.3 Å². The first-order chi connectivity index (χ1) is 11.6. The molecule has 0 saturated heterocycles. The van der Waals surface area contributed by atoms with Crippen LogP contribution in [-0.2, 0) is 17.7 Å². The number of carbonyl (C=O) groups excluding carboxylic acids is 1. The second-order valence-corrected chi connectivity index (χ2v) is 6.58. The van der Waals surface area contributed by atoms with Gasteiger partial charge in [-0.3, -0.25) is 0 Å². The van der Waals surface area contributed by atoms with E-state index in [-0.39, 0.29) is 5.97 Å². The van der Waals surface area contributed by atoms with E-state index in [1.165, 1.54) is 18.2 Å². The number of hydrogen-bond acceptors (Lipinski definition) is 2. The molecule has 0 saturated carbocycles. The first-order valence-electron chi connectivity index (χ1n) is 8.32. The maximum absolute atomic E-state index is 11.7. The van der Waals surface area contributed by atoms with Crippen molar-refractivity contribution in [2.75, 3.05) is 7.11 Å². The summed E-state index contributed by atoms with van der Waals surface area (Å²) in [5, 5.41) is 1.05. The lowest BCUT2D eigenvalue weighted by Crippen LogP contribution is -2.05. The van der Waals surface area contributed by atoms with Gasteiger partial charge in [-0.1, -0.05) is 38.1 Å². The number of fused-ring (bicyclic) bond motifs is 1. The molecule has 0 aliphatic carbocycles. The van der Waals surface area contributed by atoms with Crippen LogP contribution >= 0.6 is 0 Å². The zero-order valence-electron chi connectivity index (χ0n) is 14.5. The van der Waals surface area contributed by atoms with Crippen LogP contribution in [0.1, 0.15) is 35.3 Å². The molecule has 0 unspecified atom stereocenters. The van der Waals surface area contributed by atoms with Gasteiger partial charge in [-0.2, -0.15) is 0 Å². The lowest BCUT2D eigenvalue weighted by Gasteiger charge is -2.13. The fourth-order valence-corrected chi connectivity index (χ4v) is 3.12. The maximum atomic E-state index is 11.7. The minimum absolute atomic E-state index is 0.299. The van der Waals surface area contributed by atoms with E-state index in [2.05, 4.69) is 48.9 Å². The van der Waals surface area contributed by atoms with Crippen molar-refractivity contribution in [2.24, 2.45) is 5.92 Å². The van der Waals surface area contributed by atoms with Crippen LogP contribution in [0, 0.1) is 5.92 Å². The highest BCUT2D eigenvalue weighted by molar-refractivity contribution is 5.94. The smallest absolute Gasteiger partial charge is 0.337 e. The highest BCUT2D eigenvalue weighted by Crippen LogP contribution is 2.21. The van der Waals surface area contributed by atoms with Gasteiger partial charge >= 0.3 is 5.97 Å². The highest BCUT2D eigenvalue weighted by atomic mass is 16.5. The molecule has 0 bridgehead atoms. The number of nitrogens with zero attached hydrogens (tertiary/aromatic N) is 1. The van der Waals surface area contributed by atoms with Crippen molar-refractivity contribution in [3.05, 3.63) is 71.4 Å². The van der Waals surface area contributed by atoms with Crippen molar-refractivity contribution in [2.45, 2.75) is 26.8 Å². The molecule has 1 aromatic heterocycles. The summed E-state index contributed by atoms with van der Waals surface area (Å²) in [5.74, 6) is 0.335. The Bertz CT molecular complexity index is 861. The lowest BCUT2D eigenvalue weighted by molar-refractivity contribution is 0.0601. The largest absolute Gasteiger partial charge is 0.465 e. The number of benzene rings is 2. The normalized spacial score (nSPS) is 11.2. The molecule has 1 heterocycles. The Hall–Kier alpha value is -2.55. The third-order valence-electron chi connectivity index (χ3n) is 4.28. The van der Waals surface area contributed by atoms with Crippen molar-refractivity contribution in [1.82, 2.24) is 4.57 Å². The molecule has 3 heteroatoms. The number of hydrogen-bond donors (Lipinski definition) is 0. The third kappa shape index (κ3) is 3.35. The summed E-state index contributed by atoms with van der Waals surface area (Å²) in [7, 11) is 1.41. The molecule has 124 valence electrons. The number of ether oxygens (including phenoxy) is 1. The van der Waals surface area contributed by atoms with E-state index in [0.717, 1.165) is 23.9 Å². The first kappa shape index (κ1) is 16.3. The van der Waals surface area contributed by atoms with Gasteiger partial charge in [-0.25, -0.2) is 4.79 Å². The zero-order chi connectivity index (χ0) is 17.1. The van der Waals surface area contributed by atoms with Gasteiger partial charge in [0.05, 0.1) is 12.7 Å². The van der Waals surface area contributed by atoms with Crippen LogP contribution in [-0.4, -0.2) is 17.6 Å². The molecule has 3 rings (SSSR count). The molecular weight excluding hydrogens is 298 g/mol. The van der Waals surface area contributed by atoms with E-state index >= 15 is 0 Å². The summed E-state index contributed by atoms with van der Waals surface area (Å²) in [4.78, 5) is 11.7. The molecule has 0 spiro atoms. The van der Waals surface area contributed by atoms with Crippen LogP contribution in [0.2, 0.25) is 0 Å². The molecule has 3 aromatic rings. The maximum Gasteiger partial charge on any atom is 0.337 e. The predicted octanol–water partition coefficient (Wildman–Crippen LogP) is 4.67. The number of carbonyl (C=O) groups is 1. The molecule has 3 nitrogen and oxygen atoms in total. The molecule has 0 aliphatic heterocycles. The first-order valence-corrected chi connectivity index (χ1v) is 8.32. The summed E-state index contributed by atoms with van der Waals surface area (Å²) in [6, 6.07) is 16.4. The second kappa shape index (κ2) is 6.91. The van der Waals surface area contributed by atoms with Gasteiger partial charge in [0.2, 0.25) is 0 Å². The minimum Gasteiger partial charge on any atom is -0.465 e. The molecule has 0 fully saturated rings. The van der Waals surface area contributed by atoms with E-state index in [0.29, 0.717) is 11.5 Å². The van der Waals surface area contributed by atoms with Crippen molar-refractivity contribution in [3.8, 4) is 0 Å². The van der Waals surface area contributed by atoms with Crippen LogP contribution in [0.25, 0.3) is 10.9 Å². The van der Waals surface area contributed by atoms with Gasteiger partial charge in [-0.15, -0.1) is 0 Å². The van der Waals surface area contributed by atoms with Crippen molar-refractivity contribution in [1.29, 1.82) is 0 Å². The monoisotopic (exact) mass is 321 g/mol. The van der Waals surface area contributed by atoms with E-state index < -0.39 is 0 Å². The molecule has 0 atom stereocenters. The average molecular weight is 321 g/mol. The number of esters is 1. The van der Waals surface area contributed by atoms with E-state index in [4.69, 9.17) is 4.74 Å². The van der Waals surface area contributed by atoms with Gasteiger partial charge in [0, 0.05) is 23.6 Å². The van der Waals surface area contributed by atoms with Crippen LogP contribution in [0.5, 0.6) is 0 Å². The molecule has 24 heavy (non-hydrogen) atoms. The Morgan fingerprint density at radius 3 is 2.54 bits per heavy atom. The SMILES string of the molecule is COC(=O)c1ccc2c(ccn2Cc2ccccc2CC(C)C)c1. The van der Waals surface area contributed by atoms with Crippen LogP contribution in [0.4, 0.5) is 0 Å². The highest BCUT2D eigenvalue weighted by Gasteiger charge is 2.10.